The topological polar surface area (TPSA) is 58.3 Å². The monoisotopic (exact) mass is 174 g/mol. The van der Waals surface area contributed by atoms with Crippen LogP contribution in [0.4, 0.5) is 0 Å². The van der Waals surface area contributed by atoms with Crippen LogP contribution in [0.5, 0.6) is 0 Å². The van der Waals surface area contributed by atoms with E-state index in [1.807, 2.05) is 13.8 Å². The summed E-state index contributed by atoms with van der Waals surface area (Å²) < 4.78 is 0. The highest BCUT2D eigenvalue weighted by atomic mass is 16.3. The van der Waals surface area contributed by atoms with Crippen LogP contribution in [0.25, 0.3) is 0 Å². The molecule has 2 atom stereocenters. The van der Waals surface area contributed by atoms with Crippen molar-refractivity contribution in [2.45, 2.75) is 45.3 Å². The summed E-state index contributed by atoms with van der Waals surface area (Å²) >= 11 is 0. The molecule has 4 N–H and O–H groups in total. The SMILES string of the molecule is CCCC(O)(CN)C(C)NCC. The molecular formula is C9H22N2O. The molecule has 0 aromatic carbocycles. The molecule has 74 valence electrons. The van der Waals surface area contributed by atoms with Gasteiger partial charge in [0.2, 0.25) is 0 Å². The smallest absolute Gasteiger partial charge is 0.0918 e. The highest BCUT2D eigenvalue weighted by molar-refractivity contribution is 4.89. The van der Waals surface area contributed by atoms with Crippen LogP contribution in [0.2, 0.25) is 0 Å². The largest absolute Gasteiger partial charge is 0.387 e. The molecule has 0 radical (unpaired) electrons. The second-order valence-corrected chi connectivity index (χ2v) is 3.34. The van der Waals surface area contributed by atoms with Crippen molar-refractivity contribution < 1.29 is 5.11 Å². The summed E-state index contributed by atoms with van der Waals surface area (Å²) in [6.45, 7) is 7.26. The average Bonchev–Trinajstić information content (AvgIpc) is 2.05. The van der Waals surface area contributed by atoms with Gasteiger partial charge < -0.3 is 16.2 Å². The van der Waals surface area contributed by atoms with Crippen LogP contribution in [0, 0.1) is 0 Å². The van der Waals surface area contributed by atoms with E-state index in [0.29, 0.717) is 6.54 Å². The number of nitrogens with two attached hydrogens (primary N) is 1. The van der Waals surface area contributed by atoms with Crippen molar-refractivity contribution in [3.05, 3.63) is 0 Å². The van der Waals surface area contributed by atoms with Crippen molar-refractivity contribution in [3.63, 3.8) is 0 Å². The molecule has 0 bridgehead atoms. The highest BCUT2D eigenvalue weighted by Crippen LogP contribution is 2.15. The molecule has 0 aliphatic heterocycles. The van der Waals surface area contributed by atoms with Crippen LogP contribution >= 0.6 is 0 Å². The van der Waals surface area contributed by atoms with Gasteiger partial charge in [-0.25, -0.2) is 0 Å². The van der Waals surface area contributed by atoms with E-state index >= 15 is 0 Å². The fourth-order valence-corrected chi connectivity index (χ4v) is 1.42. The van der Waals surface area contributed by atoms with E-state index in [-0.39, 0.29) is 6.04 Å². The van der Waals surface area contributed by atoms with Crippen LogP contribution in [-0.2, 0) is 0 Å². The van der Waals surface area contributed by atoms with Gasteiger partial charge in [0.15, 0.2) is 0 Å². The van der Waals surface area contributed by atoms with Crippen molar-refractivity contribution >= 4 is 0 Å². The third-order valence-corrected chi connectivity index (χ3v) is 2.35. The standard InChI is InChI=1S/C9H22N2O/c1-4-6-9(12,7-10)8(3)11-5-2/h8,11-12H,4-7,10H2,1-3H3. The number of likely N-dealkylation sites (N-methyl/N-ethyl adjacent to an activating group) is 1. The molecule has 0 aliphatic carbocycles. The van der Waals surface area contributed by atoms with Crippen molar-refractivity contribution in [1.82, 2.24) is 5.32 Å². The molecule has 0 aliphatic rings. The Morgan fingerprint density at radius 2 is 2.08 bits per heavy atom. The second-order valence-electron chi connectivity index (χ2n) is 3.34. The van der Waals surface area contributed by atoms with Crippen LogP contribution in [0.1, 0.15) is 33.6 Å². The zero-order valence-corrected chi connectivity index (χ0v) is 8.43. The van der Waals surface area contributed by atoms with Crippen molar-refractivity contribution in [1.29, 1.82) is 0 Å². The lowest BCUT2D eigenvalue weighted by Crippen LogP contribution is -2.53. The molecule has 2 unspecified atom stereocenters. The zero-order valence-electron chi connectivity index (χ0n) is 8.43. The molecule has 0 fully saturated rings. The van der Waals surface area contributed by atoms with Gasteiger partial charge in [-0.2, -0.15) is 0 Å². The van der Waals surface area contributed by atoms with Gasteiger partial charge in [0.1, 0.15) is 0 Å². The first kappa shape index (κ1) is 11.9. The Hall–Kier alpha value is -0.120. The van der Waals surface area contributed by atoms with Crippen LogP contribution in [0.3, 0.4) is 0 Å². The summed E-state index contributed by atoms with van der Waals surface area (Å²) in [7, 11) is 0. The van der Waals surface area contributed by atoms with Gasteiger partial charge in [0, 0.05) is 12.6 Å². The van der Waals surface area contributed by atoms with Gasteiger partial charge in [-0.3, -0.25) is 0 Å². The van der Waals surface area contributed by atoms with E-state index in [0.717, 1.165) is 19.4 Å². The maximum Gasteiger partial charge on any atom is 0.0918 e. The molecule has 0 aromatic rings. The molecule has 0 spiro atoms. The molecule has 3 heteroatoms. The molecule has 0 heterocycles. The predicted molar refractivity (Wildman–Crippen MR) is 52.1 cm³/mol. The van der Waals surface area contributed by atoms with Gasteiger partial charge >= 0.3 is 0 Å². The van der Waals surface area contributed by atoms with E-state index in [4.69, 9.17) is 5.73 Å². The van der Waals surface area contributed by atoms with Gasteiger partial charge in [0.25, 0.3) is 0 Å². The Kier molecular flexibility index (Phi) is 5.46. The summed E-state index contributed by atoms with van der Waals surface area (Å²) in [5.74, 6) is 0. The molecule has 0 saturated heterocycles. The minimum absolute atomic E-state index is 0.0763. The lowest BCUT2D eigenvalue weighted by atomic mass is 9.90. The van der Waals surface area contributed by atoms with Gasteiger partial charge in [0.05, 0.1) is 5.60 Å². The van der Waals surface area contributed by atoms with Gasteiger partial charge in [-0.1, -0.05) is 20.3 Å². The average molecular weight is 174 g/mol. The van der Waals surface area contributed by atoms with E-state index in [1.165, 1.54) is 0 Å². The first-order valence-electron chi connectivity index (χ1n) is 4.76. The number of aliphatic hydroxyl groups is 1. The van der Waals surface area contributed by atoms with E-state index in [2.05, 4.69) is 12.2 Å². The Labute approximate surface area is 75.3 Å². The quantitative estimate of drug-likeness (QED) is 0.549. The minimum atomic E-state index is -0.731. The molecule has 0 amide bonds. The summed E-state index contributed by atoms with van der Waals surface area (Å²) in [5.41, 5.74) is 4.80. The summed E-state index contributed by atoms with van der Waals surface area (Å²) in [6, 6.07) is 0.0763. The summed E-state index contributed by atoms with van der Waals surface area (Å²) in [4.78, 5) is 0. The van der Waals surface area contributed by atoms with Crippen molar-refractivity contribution in [2.75, 3.05) is 13.1 Å². The maximum atomic E-state index is 10.0. The molecule has 0 rings (SSSR count). The zero-order chi connectivity index (χ0) is 9.61. The third kappa shape index (κ3) is 3.09. The number of hydrogen-bond acceptors (Lipinski definition) is 3. The van der Waals surface area contributed by atoms with Crippen LogP contribution in [0.15, 0.2) is 0 Å². The fourth-order valence-electron chi connectivity index (χ4n) is 1.42. The number of nitrogens with one attached hydrogen (secondary N) is 1. The Morgan fingerprint density at radius 3 is 2.42 bits per heavy atom. The van der Waals surface area contributed by atoms with Crippen LogP contribution < -0.4 is 11.1 Å². The van der Waals surface area contributed by atoms with E-state index in [9.17, 15) is 5.11 Å². The highest BCUT2D eigenvalue weighted by Gasteiger charge is 2.30. The molecule has 12 heavy (non-hydrogen) atoms. The molecule has 3 nitrogen and oxygen atoms in total. The first-order valence-corrected chi connectivity index (χ1v) is 4.76. The number of hydrogen-bond donors (Lipinski definition) is 3. The van der Waals surface area contributed by atoms with Gasteiger partial charge in [-0.15, -0.1) is 0 Å². The summed E-state index contributed by atoms with van der Waals surface area (Å²) in [6.07, 6.45) is 1.72. The Bertz CT molecular complexity index is 119. The van der Waals surface area contributed by atoms with Crippen LogP contribution in [-0.4, -0.2) is 29.8 Å². The minimum Gasteiger partial charge on any atom is -0.387 e. The van der Waals surface area contributed by atoms with Crippen molar-refractivity contribution in [2.24, 2.45) is 5.73 Å². The first-order chi connectivity index (χ1) is 5.60. The summed E-state index contributed by atoms with van der Waals surface area (Å²) in [5, 5.41) is 13.2. The van der Waals surface area contributed by atoms with E-state index < -0.39 is 5.60 Å². The van der Waals surface area contributed by atoms with E-state index in [1.54, 1.807) is 0 Å². The lowest BCUT2D eigenvalue weighted by molar-refractivity contribution is 0.00759. The maximum absolute atomic E-state index is 10.0. The Morgan fingerprint density at radius 1 is 1.50 bits per heavy atom. The molecular weight excluding hydrogens is 152 g/mol. The number of rotatable bonds is 6. The predicted octanol–water partition coefficient (Wildman–Crippen LogP) is 0.474. The fraction of sp³-hybridized carbons (Fsp3) is 1.00. The van der Waals surface area contributed by atoms with Crippen molar-refractivity contribution in [3.8, 4) is 0 Å². The lowest BCUT2D eigenvalue weighted by Gasteiger charge is -2.33. The molecule has 0 aromatic heterocycles. The normalized spacial score (nSPS) is 18.8. The molecule has 0 saturated carbocycles. The Balaban J connectivity index is 4.08. The third-order valence-electron chi connectivity index (χ3n) is 2.35. The second kappa shape index (κ2) is 5.51. The van der Waals surface area contributed by atoms with Gasteiger partial charge in [-0.05, 0) is 19.9 Å².